The average Bonchev–Trinajstić information content (AvgIpc) is 2.75. The van der Waals surface area contributed by atoms with Crippen LogP contribution in [-0.2, 0) is 16.0 Å². The van der Waals surface area contributed by atoms with Gasteiger partial charge in [0.05, 0.1) is 0 Å². The molecule has 0 aliphatic heterocycles. The van der Waals surface area contributed by atoms with Crippen LogP contribution in [0.4, 0.5) is 0 Å². The van der Waals surface area contributed by atoms with E-state index in [9.17, 15) is 14.7 Å². The SMILES string of the molecule is CCCC(=O)N[C@@H](Cc1ccc(O)cc1)C(=O)NCCCNCCCCNCCCN.Cl. The Bertz CT molecular complexity index is 616. The van der Waals surface area contributed by atoms with Gasteiger partial charge in [-0.05, 0) is 82.5 Å². The van der Waals surface area contributed by atoms with Crippen LogP contribution in [0.1, 0.15) is 51.0 Å². The molecule has 1 aromatic carbocycles. The third-order valence-electron chi connectivity index (χ3n) is 4.85. The lowest BCUT2D eigenvalue weighted by atomic mass is 10.0. The van der Waals surface area contributed by atoms with Crippen LogP contribution in [0.25, 0.3) is 0 Å². The molecule has 0 fully saturated rings. The monoisotopic (exact) mass is 471 g/mol. The highest BCUT2D eigenvalue weighted by Crippen LogP contribution is 2.11. The summed E-state index contributed by atoms with van der Waals surface area (Å²) < 4.78 is 0. The standard InChI is InChI=1S/C23H41N5O3.ClH/c1-2-7-22(30)28-21(18-19-8-10-20(29)11-9-19)23(31)27-17-6-16-26-14-4-3-13-25-15-5-12-24;/h8-11,21,25-26,29H,2-7,12-18,24H2,1H3,(H,27,31)(H,28,30);1H/t21-;/m0./s1. The summed E-state index contributed by atoms with van der Waals surface area (Å²) in [6.45, 7) is 7.02. The van der Waals surface area contributed by atoms with Crippen molar-refractivity contribution in [3.05, 3.63) is 29.8 Å². The number of carbonyl (C=O) groups is 2. The fourth-order valence-corrected chi connectivity index (χ4v) is 3.10. The number of unbranched alkanes of at least 4 members (excludes halogenated alkanes) is 1. The van der Waals surface area contributed by atoms with E-state index in [2.05, 4.69) is 21.3 Å². The summed E-state index contributed by atoms with van der Waals surface area (Å²) in [6, 6.07) is 6.07. The third-order valence-corrected chi connectivity index (χ3v) is 4.85. The van der Waals surface area contributed by atoms with Gasteiger partial charge in [-0.3, -0.25) is 9.59 Å². The molecule has 0 radical (unpaired) electrons. The molecule has 0 heterocycles. The summed E-state index contributed by atoms with van der Waals surface area (Å²) in [5.74, 6) is -0.128. The highest BCUT2D eigenvalue weighted by atomic mass is 35.5. The number of phenols is 1. The predicted molar refractivity (Wildman–Crippen MR) is 132 cm³/mol. The number of carbonyl (C=O) groups excluding carboxylic acids is 2. The zero-order chi connectivity index (χ0) is 22.7. The molecule has 9 heteroatoms. The minimum absolute atomic E-state index is 0. The van der Waals surface area contributed by atoms with Gasteiger partial charge in [0.2, 0.25) is 11.8 Å². The van der Waals surface area contributed by atoms with E-state index in [1.807, 2.05) is 6.92 Å². The number of benzene rings is 1. The van der Waals surface area contributed by atoms with Gasteiger partial charge in [0.25, 0.3) is 0 Å². The molecule has 0 bridgehead atoms. The van der Waals surface area contributed by atoms with E-state index in [1.54, 1.807) is 24.3 Å². The quantitative estimate of drug-likeness (QED) is 0.180. The molecule has 1 aromatic rings. The van der Waals surface area contributed by atoms with Crippen molar-refractivity contribution in [1.29, 1.82) is 0 Å². The van der Waals surface area contributed by atoms with Crippen molar-refractivity contribution in [3.63, 3.8) is 0 Å². The number of nitrogens with one attached hydrogen (secondary N) is 4. The van der Waals surface area contributed by atoms with E-state index < -0.39 is 6.04 Å². The Morgan fingerprint density at radius 1 is 0.938 bits per heavy atom. The van der Waals surface area contributed by atoms with Crippen molar-refractivity contribution in [2.45, 2.75) is 57.9 Å². The molecule has 0 spiro atoms. The number of hydrogen-bond acceptors (Lipinski definition) is 6. The first-order valence-electron chi connectivity index (χ1n) is 11.5. The molecule has 2 amide bonds. The molecule has 1 atom stereocenters. The average molecular weight is 472 g/mol. The first kappa shape index (κ1) is 30.1. The topological polar surface area (TPSA) is 129 Å². The largest absolute Gasteiger partial charge is 0.508 e. The molecule has 1 rings (SSSR count). The van der Waals surface area contributed by atoms with Crippen LogP contribution < -0.4 is 27.0 Å². The van der Waals surface area contributed by atoms with Gasteiger partial charge in [0.1, 0.15) is 11.8 Å². The second-order valence-corrected chi connectivity index (χ2v) is 7.73. The molecule has 32 heavy (non-hydrogen) atoms. The van der Waals surface area contributed by atoms with Crippen molar-refractivity contribution < 1.29 is 14.7 Å². The Labute approximate surface area is 198 Å². The highest BCUT2D eigenvalue weighted by Gasteiger charge is 2.20. The lowest BCUT2D eigenvalue weighted by molar-refractivity contribution is -0.129. The van der Waals surface area contributed by atoms with E-state index in [0.717, 1.165) is 70.4 Å². The predicted octanol–water partition coefficient (Wildman–Crippen LogP) is 1.46. The van der Waals surface area contributed by atoms with Crippen LogP contribution in [0.3, 0.4) is 0 Å². The second-order valence-electron chi connectivity index (χ2n) is 7.73. The van der Waals surface area contributed by atoms with Crippen molar-refractivity contribution in [1.82, 2.24) is 21.3 Å². The Morgan fingerprint density at radius 2 is 1.53 bits per heavy atom. The van der Waals surface area contributed by atoms with Gasteiger partial charge < -0.3 is 32.1 Å². The first-order valence-corrected chi connectivity index (χ1v) is 11.5. The molecule has 8 nitrogen and oxygen atoms in total. The number of hydrogen-bond donors (Lipinski definition) is 6. The van der Waals surface area contributed by atoms with Crippen molar-refractivity contribution in [3.8, 4) is 5.75 Å². The van der Waals surface area contributed by atoms with Gasteiger partial charge in [-0.1, -0.05) is 19.1 Å². The Hall–Kier alpha value is -1.87. The lowest BCUT2D eigenvalue weighted by Crippen LogP contribution is -2.48. The third kappa shape index (κ3) is 15.0. The summed E-state index contributed by atoms with van der Waals surface area (Å²) >= 11 is 0. The van der Waals surface area contributed by atoms with Crippen LogP contribution in [-0.4, -0.2) is 62.2 Å². The summed E-state index contributed by atoms with van der Waals surface area (Å²) in [6.07, 6.45) is 5.60. The van der Waals surface area contributed by atoms with E-state index in [1.165, 1.54) is 0 Å². The molecule has 7 N–H and O–H groups in total. The number of halogens is 1. The summed E-state index contributed by atoms with van der Waals surface area (Å²) in [7, 11) is 0. The molecule has 0 aliphatic rings. The maximum absolute atomic E-state index is 12.6. The number of aromatic hydroxyl groups is 1. The summed E-state index contributed by atoms with van der Waals surface area (Å²) in [5.41, 5.74) is 6.34. The van der Waals surface area contributed by atoms with Crippen LogP contribution >= 0.6 is 12.4 Å². The molecular formula is C23H42ClN5O3. The fraction of sp³-hybridized carbons (Fsp3) is 0.652. The van der Waals surface area contributed by atoms with Crippen LogP contribution in [0, 0.1) is 0 Å². The lowest BCUT2D eigenvalue weighted by Gasteiger charge is -2.19. The molecule has 0 aliphatic carbocycles. The van der Waals surface area contributed by atoms with E-state index in [-0.39, 0.29) is 30.0 Å². The minimum atomic E-state index is -0.622. The molecule has 0 saturated heterocycles. The van der Waals surface area contributed by atoms with Gasteiger partial charge in [0.15, 0.2) is 0 Å². The Kier molecular flexibility index (Phi) is 18.6. The zero-order valence-corrected chi connectivity index (χ0v) is 20.1. The van der Waals surface area contributed by atoms with Gasteiger partial charge in [-0.25, -0.2) is 0 Å². The van der Waals surface area contributed by atoms with E-state index >= 15 is 0 Å². The Morgan fingerprint density at radius 3 is 2.12 bits per heavy atom. The minimum Gasteiger partial charge on any atom is -0.508 e. The maximum Gasteiger partial charge on any atom is 0.242 e. The maximum atomic E-state index is 12.6. The number of amides is 2. The van der Waals surface area contributed by atoms with Crippen LogP contribution in [0.5, 0.6) is 5.75 Å². The van der Waals surface area contributed by atoms with Gasteiger partial charge in [-0.15, -0.1) is 12.4 Å². The molecular weight excluding hydrogens is 430 g/mol. The van der Waals surface area contributed by atoms with Crippen molar-refractivity contribution in [2.75, 3.05) is 39.3 Å². The number of nitrogens with two attached hydrogens (primary N) is 1. The van der Waals surface area contributed by atoms with Gasteiger partial charge in [0, 0.05) is 19.4 Å². The molecule has 0 unspecified atom stereocenters. The zero-order valence-electron chi connectivity index (χ0n) is 19.3. The molecule has 184 valence electrons. The van der Waals surface area contributed by atoms with E-state index in [4.69, 9.17) is 5.73 Å². The molecule has 0 saturated carbocycles. The van der Waals surface area contributed by atoms with E-state index in [0.29, 0.717) is 19.4 Å². The van der Waals surface area contributed by atoms with Crippen molar-refractivity contribution >= 4 is 24.2 Å². The van der Waals surface area contributed by atoms with Gasteiger partial charge in [-0.2, -0.15) is 0 Å². The number of rotatable bonds is 18. The fourth-order valence-electron chi connectivity index (χ4n) is 3.10. The number of phenolic OH excluding ortho intramolecular Hbond substituents is 1. The smallest absolute Gasteiger partial charge is 0.242 e. The summed E-state index contributed by atoms with van der Waals surface area (Å²) in [5, 5.41) is 21.9. The summed E-state index contributed by atoms with van der Waals surface area (Å²) in [4.78, 5) is 24.7. The first-order chi connectivity index (χ1) is 15.1. The highest BCUT2D eigenvalue weighted by molar-refractivity contribution is 5.87. The normalized spacial score (nSPS) is 11.4. The van der Waals surface area contributed by atoms with Gasteiger partial charge >= 0.3 is 0 Å². The second kappa shape index (κ2) is 19.8. The van der Waals surface area contributed by atoms with Crippen LogP contribution in [0.2, 0.25) is 0 Å². The van der Waals surface area contributed by atoms with Crippen molar-refractivity contribution in [2.24, 2.45) is 5.73 Å². The Balaban J connectivity index is 0.00000961. The molecule has 0 aromatic heterocycles. The van der Waals surface area contributed by atoms with Crippen LogP contribution in [0.15, 0.2) is 24.3 Å².